The Bertz CT molecular complexity index is 516. The number of hydrogen-bond acceptors (Lipinski definition) is 2. The van der Waals surface area contributed by atoms with Crippen LogP contribution in [0.15, 0.2) is 30.3 Å². The fraction of sp³-hybridized carbons (Fsp3) is 0.357. The summed E-state index contributed by atoms with van der Waals surface area (Å²) in [6, 6.07) is 10.0. The first-order chi connectivity index (χ1) is 8.60. The summed E-state index contributed by atoms with van der Waals surface area (Å²) in [6.45, 7) is 2.62. The highest BCUT2D eigenvalue weighted by Gasteiger charge is 2.13. The number of aryl methyl sites for hydroxylation is 2. The Morgan fingerprint density at radius 3 is 2.50 bits per heavy atom. The van der Waals surface area contributed by atoms with Gasteiger partial charge < -0.3 is 5.73 Å². The van der Waals surface area contributed by atoms with E-state index in [1.54, 1.807) is 0 Å². The second-order valence-electron chi connectivity index (χ2n) is 4.59. The standard InChI is InChI=1S/C14H18ClN3/c1-10-7-14(18(2)17-10)8-12(9-16)11-3-5-13(15)6-4-11/h3-7,12H,8-9,16H2,1-2H3. The monoisotopic (exact) mass is 263 g/mol. The first-order valence-electron chi connectivity index (χ1n) is 6.05. The molecule has 2 rings (SSSR count). The average molecular weight is 264 g/mol. The van der Waals surface area contributed by atoms with E-state index < -0.39 is 0 Å². The molecule has 3 nitrogen and oxygen atoms in total. The second kappa shape index (κ2) is 5.55. The van der Waals surface area contributed by atoms with Gasteiger partial charge in [0.2, 0.25) is 0 Å². The number of aromatic nitrogens is 2. The van der Waals surface area contributed by atoms with Crippen molar-refractivity contribution in [2.75, 3.05) is 6.54 Å². The van der Waals surface area contributed by atoms with Crippen LogP contribution in [-0.2, 0) is 13.5 Å². The topological polar surface area (TPSA) is 43.8 Å². The predicted octanol–water partition coefficient (Wildman–Crippen LogP) is 2.67. The Morgan fingerprint density at radius 2 is 2.00 bits per heavy atom. The summed E-state index contributed by atoms with van der Waals surface area (Å²) in [5.74, 6) is 0.303. The normalized spacial score (nSPS) is 12.7. The molecule has 0 aliphatic carbocycles. The van der Waals surface area contributed by atoms with Crippen LogP contribution in [0.3, 0.4) is 0 Å². The molecule has 0 radical (unpaired) electrons. The highest BCUT2D eigenvalue weighted by Crippen LogP contribution is 2.22. The van der Waals surface area contributed by atoms with Gasteiger partial charge in [-0.1, -0.05) is 23.7 Å². The van der Waals surface area contributed by atoms with Gasteiger partial charge in [-0.15, -0.1) is 0 Å². The zero-order chi connectivity index (χ0) is 13.1. The van der Waals surface area contributed by atoms with E-state index in [0.29, 0.717) is 12.5 Å². The lowest BCUT2D eigenvalue weighted by Gasteiger charge is -2.15. The van der Waals surface area contributed by atoms with Crippen molar-refractivity contribution in [3.8, 4) is 0 Å². The van der Waals surface area contributed by atoms with Crippen LogP contribution in [0.2, 0.25) is 5.02 Å². The van der Waals surface area contributed by atoms with Crippen molar-refractivity contribution in [2.24, 2.45) is 12.8 Å². The van der Waals surface area contributed by atoms with Gasteiger partial charge in [-0.2, -0.15) is 5.10 Å². The van der Waals surface area contributed by atoms with Crippen LogP contribution in [0.4, 0.5) is 0 Å². The molecular weight excluding hydrogens is 246 g/mol. The van der Waals surface area contributed by atoms with Crippen LogP contribution in [0, 0.1) is 6.92 Å². The van der Waals surface area contributed by atoms with Crippen molar-refractivity contribution in [3.05, 3.63) is 52.3 Å². The lowest BCUT2D eigenvalue weighted by molar-refractivity contribution is 0.629. The summed E-state index contributed by atoms with van der Waals surface area (Å²) in [6.07, 6.45) is 0.898. The average Bonchev–Trinajstić information content (AvgIpc) is 2.66. The molecule has 0 saturated heterocycles. The van der Waals surface area contributed by atoms with E-state index in [0.717, 1.165) is 17.1 Å². The molecular formula is C14H18ClN3. The summed E-state index contributed by atoms with van der Waals surface area (Å²) in [7, 11) is 1.97. The van der Waals surface area contributed by atoms with E-state index in [1.165, 1.54) is 11.3 Å². The SMILES string of the molecule is Cc1cc(CC(CN)c2ccc(Cl)cc2)n(C)n1. The molecule has 1 unspecified atom stereocenters. The first-order valence-corrected chi connectivity index (χ1v) is 6.43. The third-order valence-electron chi connectivity index (χ3n) is 3.18. The number of hydrogen-bond donors (Lipinski definition) is 1. The molecule has 0 spiro atoms. The predicted molar refractivity (Wildman–Crippen MR) is 74.9 cm³/mol. The lowest BCUT2D eigenvalue weighted by Crippen LogP contribution is -2.16. The van der Waals surface area contributed by atoms with Gasteiger partial charge in [-0.3, -0.25) is 4.68 Å². The Balaban J connectivity index is 2.19. The molecule has 4 heteroatoms. The van der Waals surface area contributed by atoms with Gasteiger partial charge in [-0.25, -0.2) is 0 Å². The molecule has 1 atom stereocenters. The highest BCUT2D eigenvalue weighted by molar-refractivity contribution is 6.30. The molecule has 0 saturated carbocycles. The van der Waals surface area contributed by atoms with Gasteiger partial charge in [0.15, 0.2) is 0 Å². The number of halogens is 1. The van der Waals surface area contributed by atoms with Crippen LogP contribution in [0.1, 0.15) is 22.9 Å². The third-order valence-corrected chi connectivity index (χ3v) is 3.43. The third kappa shape index (κ3) is 2.92. The molecule has 2 N–H and O–H groups in total. The fourth-order valence-corrected chi connectivity index (χ4v) is 2.31. The molecule has 0 aliphatic rings. The van der Waals surface area contributed by atoms with Gasteiger partial charge in [0, 0.05) is 23.7 Å². The van der Waals surface area contributed by atoms with Gasteiger partial charge in [-0.05, 0) is 43.7 Å². The number of nitrogens with two attached hydrogens (primary N) is 1. The Morgan fingerprint density at radius 1 is 1.33 bits per heavy atom. The van der Waals surface area contributed by atoms with E-state index in [4.69, 9.17) is 17.3 Å². The van der Waals surface area contributed by atoms with E-state index in [1.807, 2.05) is 42.9 Å². The van der Waals surface area contributed by atoms with E-state index >= 15 is 0 Å². The summed E-state index contributed by atoms with van der Waals surface area (Å²) in [4.78, 5) is 0. The Kier molecular flexibility index (Phi) is 4.04. The second-order valence-corrected chi connectivity index (χ2v) is 5.03. The molecule has 1 aromatic heterocycles. The number of nitrogens with zero attached hydrogens (tertiary/aromatic N) is 2. The molecule has 2 aromatic rings. The summed E-state index contributed by atoms with van der Waals surface area (Å²) in [5.41, 5.74) is 9.36. The minimum atomic E-state index is 0.303. The van der Waals surface area contributed by atoms with Crippen LogP contribution in [0.5, 0.6) is 0 Å². The number of benzene rings is 1. The van der Waals surface area contributed by atoms with Crippen molar-refractivity contribution >= 4 is 11.6 Å². The summed E-state index contributed by atoms with van der Waals surface area (Å²) in [5, 5.41) is 5.12. The molecule has 0 amide bonds. The molecule has 0 bridgehead atoms. The Hall–Kier alpha value is -1.32. The smallest absolute Gasteiger partial charge is 0.0596 e. The van der Waals surface area contributed by atoms with Crippen LogP contribution in [-0.4, -0.2) is 16.3 Å². The highest BCUT2D eigenvalue weighted by atomic mass is 35.5. The quantitative estimate of drug-likeness (QED) is 0.922. The van der Waals surface area contributed by atoms with Gasteiger partial charge in [0.1, 0.15) is 0 Å². The zero-order valence-electron chi connectivity index (χ0n) is 10.7. The van der Waals surface area contributed by atoms with E-state index in [9.17, 15) is 0 Å². The minimum Gasteiger partial charge on any atom is -0.330 e. The maximum absolute atomic E-state index is 5.90. The van der Waals surface area contributed by atoms with Crippen molar-refractivity contribution in [2.45, 2.75) is 19.3 Å². The molecule has 96 valence electrons. The summed E-state index contributed by atoms with van der Waals surface area (Å²) >= 11 is 5.90. The van der Waals surface area contributed by atoms with Crippen LogP contribution >= 0.6 is 11.6 Å². The molecule has 0 aliphatic heterocycles. The van der Waals surface area contributed by atoms with Crippen LogP contribution < -0.4 is 5.73 Å². The van der Waals surface area contributed by atoms with Crippen molar-refractivity contribution in [1.82, 2.24) is 9.78 Å². The van der Waals surface area contributed by atoms with Crippen molar-refractivity contribution in [1.29, 1.82) is 0 Å². The molecule has 18 heavy (non-hydrogen) atoms. The van der Waals surface area contributed by atoms with Gasteiger partial charge in [0.05, 0.1) is 5.69 Å². The van der Waals surface area contributed by atoms with Crippen molar-refractivity contribution in [3.63, 3.8) is 0 Å². The number of rotatable bonds is 4. The van der Waals surface area contributed by atoms with Crippen molar-refractivity contribution < 1.29 is 0 Å². The minimum absolute atomic E-state index is 0.303. The fourth-order valence-electron chi connectivity index (χ4n) is 2.18. The molecule has 0 fully saturated rings. The first kappa shape index (κ1) is 13.1. The van der Waals surface area contributed by atoms with Gasteiger partial charge in [0.25, 0.3) is 0 Å². The lowest BCUT2D eigenvalue weighted by atomic mass is 9.94. The van der Waals surface area contributed by atoms with E-state index in [-0.39, 0.29) is 0 Å². The molecule has 1 aromatic carbocycles. The van der Waals surface area contributed by atoms with Crippen LogP contribution in [0.25, 0.3) is 0 Å². The largest absolute Gasteiger partial charge is 0.330 e. The molecule has 1 heterocycles. The zero-order valence-corrected chi connectivity index (χ0v) is 11.5. The van der Waals surface area contributed by atoms with E-state index in [2.05, 4.69) is 11.2 Å². The Labute approximate surface area is 113 Å². The van der Waals surface area contributed by atoms with Gasteiger partial charge >= 0.3 is 0 Å². The maximum atomic E-state index is 5.90. The maximum Gasteiger partial charge on any atom is 0.0596 e. The summed E-state index contributed by atoms with van der Waals surface area (Å²) < 4.78 is 1.92.